The molecule has 2 aromatic carbocycles. The van der Waals surface area contributed by atoms with Gasteiger partial charge >= 0.3 is 0 Å². The van der Waals surface area contributed by atoms with E-state index in [0.29, 0.717) is 23.8 Å². The zero-order valence-corrected chi connectivity index (χ0v) is 17.6. The van der Waals surface area contributed by atoms with Crippen molar-refractivity contribution in [3.63, 3.8) is 0 Å². The predicted octanol–water partition coefficient (Wildman–Crippen LogP) is 3.01. The molecule has 2 aromatic rings. The van der Waals surface area contributed by atoms with Crippen LogP contribution < -0.4 is 15.4 Å². The number of anilines is 1. The summed E-state index contributed by atoms with van der Waals surface area (Å²) in [6, 6.07) is 11.7. The van der Waals surface area contributed by atoms with Gasteiger partial charge in [-0.2, -0.15) is 0 Å². The molecular formula is C20H26ClN3O3S. The van der Waals surface area contributed by atoms with Crippen LogP contribution >= 0.6 is 12.4 Å². The SMILES string of the molecule is Cc1ccc(NS(=O)(=O)c2ccc(C(=O)NCC3CCCN3)cc2)cc1C.Cl. The third-order valence-corrected chi connectivity index (χ3v) is 6.25. The quantitative estimate of drug-likeness (QED) is 0.666. The number of carbonyl (C=O) groups excluding carboxylic acids is 1. The first-order chi connectivity index (χ1) is 12.8. The Morgan fingerprint density at radius 1 is 1.11 bits per heavy atom. The minimum atomic E-state index is -3.70. The molecule has 1 unspecified atom stereocenters. The highest BCUT2D eigenvalue weighted by atomic mass is 35.5. The summed E-state index contributed by atoms with van der Waals surface area (Å²) in [6.45, 7) is 5.47. The molecule has 28 heavy (non-hydrogen) atoms. The Balaban J connectivity index is 0.00000280. The van der Waals surface area contributed by atoms with E-state index in [4.69, 9.17) is 0 Å². The second kappa shape index (κ2) is 9.41. The summed E-state index contributed by atoms with van der Waals surface area (Å²) in [5.74, 6) is -0.199. The van der Waals surface area contributed by atoms with E-state index < -0.39 is 10.0 Å². The van der Waals surface area contributed by atoms with E-state index in [1.807, 2.05) is 19.9 Å². The van der Waals surface area contributed by atoms with Crippen LogP contribution in [0.2, 0.25) is 0 Å². The van der Waals surface area contributed by atoms with Crippen molar-refractivity contribution in [2.24, 2.45) is 0 Å². The van der Waals surface area contributed by atoms with Crippen LogP contribution in [0.15, 0.2) is 47.4 Å². The molecule has 0 saturated carbocycles. The largest absolute Gasteiger partial charge is 0.350 e. The summed E-state index contributed by atoms with van der Waals surface area (Å²) in [4.78, 5) is 12.3. The molecule has 1 saturated heterocycles. The molecule has 0 aliphatic carbocycles. The fraction of sp³-hybridized carbons (Fsp3) is 0.350. The number of halogens is 1. The Labute approximate surface area is 172 Å². The van der Waals surface area contributed by atoms with E-state index in [-0.39, 0.29) is 23.2 Å². The van der Waals surface area contributed by atoms with E-state index in [0.717, 1.165) is 30.5 Å². The smallest absolute Gasteiger partial charge is 0.261 e. The van der Waals surface area contributed by atoms with Crippen molar-refractivity contribution in [1.82, 2.24) is 10.6 Å². The van der Waals surface area contributed by atoms with Crippen LogP contribution in [0, 0.1) is 13.8 Å². The van der Waals surface area contributed by atoms with Gasteiger partial charge in [0.05, 0.1) is 4.90 Å². The average Bonchev–Trinajstić information content (AvgIpc) is 3.16. The van der Waals surface area contributed by atoms with Crippen LogP contribution in [-0.4, -0.2) is 33.5 Å². The molecule has 152 valence electrons. The summed E-state index contributed by atoms with van der Waals surface area (Å²) in [5, 5.41) is 6.20. The normalized spacial score (nSPS) is 16.3. The lowest BCUT2D eigenvalue weighted by molar-refractivity contribution is 0.0950. The number of aryl methyl sites for hydroxylation is 2. The van der Waals surface area contributed by atoms with E-state index in [1.165, 1.54) is 24.3 Å². The van der Waals surface area contributed by atoms with Crippen LogP contribution in [0.3, 0.4) is 0 Å². The molecule has 0 bridgehead atoms. The Hall–Kier alpha value is -2.09. The van der Waals surface area contributed by atoms with Crippen molar-refractivity contribution in [1.29, 1.82) is 0 Å². The van der Waals surface area contributed by atoms with Gasteiger partial charge in [0.2, 0.25) is 0 Å². The van der Waals surface area contributed by atoms with Gasteiger partial charge in [0.1, 0.15) is 0 Å². The molecule has 1 fully saturated rings. The number of nitrogens with one attached hydrogen (secondary N) is 3. The lowest BCUT2D eigenvalue weighted by Gasteiger charge is -2.12. The van der Waals surface area contributed by atoms with Crippen LogP contribution in [0.5, 0.6) is 0 Å². The number of carbonyl (C=O) groups is 1. The predicted molar refractivity (Wildman–Crippen MR) is 114 cm³/mol. The van der Waals surface area contributed by atoms with Crippen LogP contribution in [-0.2, 0) is 10.0 Å². The Kier molecular flexibility index (Phi) is 7.46. The fourth-order valence-corrected chi connectivity index (χ4v) is 4.10. The average molecular weight is 424 g/mol. The van der Waals surface area contributed by atoms with Crippen LogP contribution in [0.25, 0.3) is 0 Å². The summed E-state index contributed by atoms with van der Waals surface area (Å²) >= 11 is 0. The van der Waals surface area contributed by atoms with Gasteiger partial charge < -0.3 is 10.6 Å². The molecule has 0 aromatic heterocycles. The van der Waals surface area contributed by atoms with Gasteiger partial charge in [0.25, 0.3) is 15.9 Å². The van der Waals surface area contributed by atoms with Crippen molar-refractivity contribution in [3.05, 3.63) is 59.2 Å². The monoisotopic (exact) mass is 423 g/mol. The maximum Gasteiger partial charge on any atom is 0.261 e. The minimum Gasteiger partial charge on any atom is -0.350 e. The lowest BCUT2D eigenvalue weighted by atomic mass is 10.1. The number of hydrogen-bond acceptors (Lipinski definition) is 4. The van der Waals surface area contributed by atoms with Crippen molar-refractivity contribution in [3.8, 4) is 0 Å². The van der Waals surface area contributed by atoms with E-state index in [1.54, 1.807) is 12.1 Å². The fourth-order valence-electron chi connectivity index (χ4n) is 3.05. The molecule has 0 radical (unpaired) electrons. The van der Waals surface area contributed by atoms with Gasteiger partial charge in [-0.3, -0.25) is 9.52 Å². The summed E-state index contributed by atoms with van der Waals surface area (Å²) in [5.41, 5.74) is 3.07. The molecule has 1 atom stereocenters. The molecule has 0 spiro atoms. The van der Waals surface area contributed by atoms with Gasteiger partial charge in [-0.05, 0) is 80.8 Å². The lowest BCUT2D eigenvalue weighted by Crippen LogP contribution is -2.37. The first-order valence-corrected chi connectivity index (χ1v) is 10.6. The van der Waals surface area contributed by atoms with Gasteiger partial charge in [-0.15, -0.1) is 12.4 Å². The summed E-state index contributed by atoms with van der Waals surface area (Å²) in [7, 11) is -3.70. The van der Waals surface area contributed by atoms with Crippen molar-refractivity contribution in [2.45, 2.75) is 37.6 Å². The van der Waals surface area contributed by atoms with Gasteiger partial charge in [0, 0.05) is 23.8 Å². The van der Waals surface area contributed by atoms with E-state index >= 15 is 0 Å². The first kappa shape index (κ1) is 22.2. The number of hydrogen-bond donors (Lipinski definition) is 3. The third-order valence-electron chi connectivity index (χ3n) is 4.86. The Morgan fingerprint density at radius 3 is 2.43 bits per heavy atom. The number of benzene rings is 2. The summed E-state index contributed by atoms with van der Waals surface area (Å²) < 4.78 is 27.7. The standard InChI is InChI=1S/C20H25N3O3S.ClH/c1-14-5-8-17(12-15(14)2)23-27(25,26)19-9-6-16(7-10-19)20(24)22-13-18-4-3-11-21-18;/h5-10,12,18,21,23H,3-4,11,13H2,1-2H3,(H,22,24);1H. The molecule has 3 N–H and O–H groups in total. The van der Waals surface area contributed by atoms with Crippen molar-refractivity contribution < 1.29 is 13.2 Å². The highest BCUT2D eigenvalue weighted by molar-refractivity contribution is 7.92. The van der Waals surface area contributed by atoms with Gasteiger partial charge in [-0.1, -0.05) is 6.07 Å². The van der Waals surface area contributed by atoms with Crippen LogP contribution in [0.4, 0.5) is 5.69 Å². The second-order valence-electron chi connectivity index (χ2n) is 6.93. The van der Waals surface area contributed by atoms with E-state index in [9.17, 15) is 13.2 Å². The summed E-state index contributed by atoms with van der Waals surface area (Å²) in [6.07, 6.45) is 2.18. The highest BCUT2D eigenvalue weighted by Crippen LogP contribution is 2.19. The Bertz CT molecular complexity index is 924. The van der Waals surface area contributed by atoms with Gasteiger partial charge in [0.15, 0.2) is 0 Å². The maximum absolute atomic E-state index is 12.6. The molecule has 6 nitrogen and oxygen atoms in total. The zero-order valence-electron chi connectivity index (χ0n) is 16.0. The molecule has 1 aliphatic rings. The number of sulfonamides is 1. The number of rotatable bonds is 6. The first-order valence-electron chi connectivity index (χ1n) is 9.07. The molecular weight excluding hydrogens is 398 g/mol. The van der Waals surface area contributed by atoms with Crippen LogP contribution in [0.1, 0.15) is 34.3 Å². The van der Waals surface area contributed by atoms with Gasteiger partial charge in [-0.25, -0.2) is 8.42 Å². The molecule has 8 heteroatoms. The zero-order chi connectivity index (χ0) is 19.4. The molecule has 3 rings (SSSR count). The molecule has 1 amide bonds. The minimum absolute atomic E-state index is 0. The Morgan fingerprint density at radius 2 is 1.82 bits per heavy atom. The molecule has 1 aliphatic heterocycles. The number of amides is 1. The molecule has 1 heterocycles. The highest BCUT2D eigenvalue weighted by Gasteiger charge is 2.17. The second-order valence-corrected chi connectivity index (χ2v) is 8.61. The van der Waals surface area contributed by atoms with Crippen molar-refractivity contribution >= 4 is 34.0 Å². The van der Waals surface area contributed by atoms with E-state index in [2.05, 4.69) is 15.4 Å². The topological polar surface area (TPSA) is 87.3 Å². The third kappa shape index (κ3) is 5.47. The maximum atomic E-state index is 12.6. The van der Waals surface area contributed by atoms with Crippen molar-refractivity contribution in [2.75, 3.05) is 17.8 Å².